The quantitative estimate of drug-likeness (QED) is 0.716. The molecule has 8 heteroatoms. The highest BCUT2D eigenvalue weighted by Gasteiger charge is 2.52. The van der Waals surface area contributed by atoms with E-state index in [1.807, 2.05) is 32.2 Å². The number of amides is 3. The van der Waals surface area contributed by atoms with E-state index >= 15 is 0 Å². The lowest BCUT2D eigenvalue weighted by atomic mass is 9.87. The number of benzene rings is 1. The number of urea groups is 1. The van der Waals surface area contributed by atoms with E-state index in [1.54, 1.807) is 18.2 Å². The SMILES string of the molecule is CC[C@]1(c2cccc(Cl)c2)NC(=O)N(C[NH+](C)Cc2ccc(Cl)s2)C1=O. The number of halogens is 2. The van der Waals surface area contributed by atoms with Crippen LogP contribution in [0, 0.1) is 0 Å². The van der Waals surface area contributed by atoms with Crippen molar-refractivity contribution in [1.82, 2.24) is 10.2 Å². The van der Waals surface area contributed by atoms with Gasteiger partial charge in [-0.3, -0.25) is 4.79 Å². The smallest absolute Gasteiger partial charge is 0.319 e. The van der Waals surface area contributed by atoms with Crippen LogP contribution in [0.3, 0.4) is 0 Å². The molecular formula is C18H20Cl2N3O2S+. The van der Waals surface area contributed by atoms with Crippen LogP contribution in [0.2, 0.25) is 9.36 Å². The van der Waals surface area contributed by atoms with Crippen LogP contribution in [-0.2, 0) is 16.9 Å². The Bertz CT molecular complexity index is 841. The molecule has 0 aliphatic carbocycles. The number of imide groups is 1. The molecule has 1 aromatic heterocycles. The van der Waals surface area contributed by atoms with Crippen molar-refractivity contribution in [3.63, 3.8) is 0 Å². The molecular weight excluding hydrogens is 393 g/mol. The van der Waals surface area contributed by atoms with Crippen LogP contribution in [0.25, 0.3) is 0 Å². The van der Waals surface area contributed by atoms with E-state index in [1.165, 1.54) is 16.2 Å². The highest BCUT2D eigenvalue weighted by atomic mass is 35.5. The summed E-state index contributed by atoms with van der Waals surface area (Å²) < 4.78 is 0.730. The van der Waals surface area contributed by atoms with E-state index in [0.29, 0.717) is 23.6 Å². The molecule has 0 saturated carbocycles. The average molecular weight is 413 g/mol. The van der Waals surface area contributed by atoms with Gasteiger partial charge in [-0.1, -0.05) is 42.3 Å². The molecule has 5 nitrogen and oxygen atoms in total. The van der Waals surface area contributed by atoms with Crippen LogP contribution in [0.4, 0.5) is 4.79 Å². The Morgan fingerprint density at radius 1 is 1.23 bits per heavy atom. The van der Waals surface area contributed by atoms with Crippen LogP contribution in [-0.4, -0.2) is 30.6 Å². The fraction of sp³-hybridized carbons (Fsp3) is 0.333. The van der Waals surface area contributed by atoms with E-state index in [2.05, 4.69) is 5.32 Å². The number of quaternary nitrogens is 1. The summed E-state index contributed by atoms with van der Waals surface area (Å²) in [7, 11) is 1.94. The predicted molar refractivity (Wildman–Crippen MR) is 104 cm³/mol. The van der Waals surface area contributed by atoms with E-state index in [4.69, 9.17) is 23.2 Å². The third-order valence-corrected chi connectivity index (χ3v) is 6.02. The van der Waals surface area contributed by atoms with Gasteiger partial charge in [0, 0.05) is 5.02 Å². The Hall–Kier alpha value is -1.60. The van der Waals surface area contributed by atoms with E-state index < -0.39 is 5.54 Å². The van der Waals surface area contributed by atoms with E-state index in [0.717, 1.165) is 14.1 Å². The highest BCUT2D eigenvalue weighted by molar-refractivity contribution is 7.16. The third-order valence-electron chi connectivity index (χ3n) is 4.56. The van der Waals surface area contributed by atoms with Gasteiger partial charge in [-0.2, -0.15) is 0 Å². The second kappa shape index (κ2) is 7.56. The molecule has 3 amide bonds. The van der Waals surface area contributed by atoms with Crippen molar-refractivity contribution in [2.45, 2.75) is 25.4 Å². The second-order valence-electron chi connectivity index (χ2n) is 6.43. The number of hydrogen-bond donors (Lipinski definition) is 2. The van der Waals surface area contributed by atoms with Crippen LogP contribution in [0.15, 0.2) is 36.4 Å². The van der Waals surface area contributed by atoms with Gasteiger partial charge in [0.15, 0.2) is 6.67 Å². The molecule has 0 spiro atoms. The minimum Gasteiger partial charge on any atom is -0.319 e. The number of nitrogens with one attached hydrogen (secondary N) is 2. The van der Waals surface area contributed by atoms with Crippen LogP contribution < -0.4 is 10.2 Å². The number of nitrogens with zero attached hydrogens (tertiary/aromatic N) is 1. The normalized spacial score (nSPS) is 21.2. The summed E-state index contributed by atoms with van der Waals surface area (Å²) in [5.74, 6) is -0.240. The maximum atomic E-state index is 13.1. The minimum atomic E-state index is -1.06. The first-order valence-corrected chi connectivity index (χ1v) is 9.88. The zero-order valence-corrected chi connectivity index (χ0v) is 16.8. The summed E-state index contributed by atoms with van der Waals surface area (Å²) in [6.45, 7) is 2.85. The lowest BCUT2D eigenvalue weighted by Crippen LogP contribution is -3.09. The van der Waals surface area contributed by atoms with Gasteiger partial charge < -0.3 is 10.2 Å². The topological polar surface area (TPSA) is 53.9 Å². The van der Waals surface area contributed by atoms with Gasteiger partial charge >= 0.3 is 6.03 Å². The summed E-state index contributed by atoms with van der Waals surface area (Å²) in [5.41, 5.74) is -0.356. The molecule has 0 bridgehead atoms. The monoisotopic (exact) mass is 412 g/mol. The fourth-order valence-electron chi connectivity index (χ4n) is 3.23. The van der Waals surface area contributed by atoms with E-state index in [-0.39, 0.29) is 18.6 Å². The molecule has 1 aliphatic rings. The number of carbonyl (C=O) groups excluding carboxylic acids is 2. The Balaban J connectivity index is 1.79. The van der Waals surface area contributed by atoms with Gasteiger partial charge in [-0.15, -0.1) is 11.3 Å². The van der Waals surface area contributed by atoms with Crippen LogP contribution in [0.5, 0.6) is 0 Å². The van der Waals surface area contributed by atoms with Gasteiger partial charge in [0.25, 0.3) is 5.91 Å². The van der Waals surface area contributed by atoms with Crippen molar-refractivity contribution < 1.29 is 14.5 Å². The van der Waals surface area contributed by atoms with Crippen LogP contribution >= 0.6 is 34.5 Å². The molecule has 1 unspecified atom stereocenters. The summed E-state index contributed by atoms with van der Waals surface area (Å²) >= 11 is 13.6. The van der Waals surface area contributed by atoms with Gasteiger partial charge in [0.2, 0.25) is 0 Å². The van der Waals surface area contributed by atoms with Gasteiger partial charge in [-0.25, -0.2) is 9.69 Å². The Morgan fingerprint density at radius 3 is 2.62 bits per heavy atom. The molecule has 3 rings (SSSR count). The Labute approximate surface area is 166 Å². The first-order valence-electron chi connectivity index (χ1n) is 8.31. The molecule has 1 aromatic carbocycles. The van der Waals surface area contributed by atoms with E-state index in [9.17, 15) is 9.59 Å². The largest absolute Gasteiger partial charge is 0.329 e. The fourth-order valence-corrected chi connectivity index (χ4v) is 4.62. The van der Waals surface area contributed by atoms with Crippen molar-refractivity contribution in [3.05, 3.63) is 56.2 Å². The second-order valence-corrected chi connectivity index (χ2v) is 8.67. The minimum absolute atomic E-state index is 0.240. The molecule has 1 saturated heterocycles. The average Bonchev–Trinajstić information content (AvgIpc) is 3.11. The molecule has 2 atom stereocenters. The molecule has 138 valence electrons. The predicted octanol–water partition coefficient (Wildman–Crippen LogP) is 2.88. The number of hydrogen-bond acceptors (Lipinski definition) is 3. The Morgan fingerprint density at radius 2 is 2.00 bits per heavy atom. The number of thiophene rings is 1. The van der Waals surface area contributed by atoms with Gasteiger partial charge in [0.05, 0.1) is 16.3 Å². The molecule has 26 heavy (non-hydrogen) atoms. The molecule has 1 fully saturated rings. The highest BCUT2D eigenvalue weighted by Crippen LogP contribution is 2.33. The lowest BCUT2D eigenvalue weighted by molar-refractivity contribution is -0.900. The summed E-state index contributed by atoms with van der Waals surface area (Å²) in [6.07, 6.45) is 0.452. The van der Waals surface area contributed by atoms with Crippen molar-refractivity contribution in [1.29, 1.82) is 0 Å². The Kier molecular flexibility index (Phi) is 5.58. The van der Waals surface area contributed by atoms with Crippen LogP contribution in [0.1, 0.15) is 23.8 Å². The third kappa shape index (κ3) is 3.60. The molecule has 0 radical (unpaired) electrons. The molecule has 2 N–H and O–H groups in total. The summed E-state index contributed by atoms with van der Waals surface area (Å²) in [5, 5.41) is 3.42. The summed E-state index contributed by atoms with van der Waals surface area (Å²) in [6, 6.07) is 10.5. The first kappa shape index (κ1) is 19.2. The number of rotatable bonds is 6. The van der Waals surface area contributed by atoms with Crippen molar-refractivity contribution in [3.8, 4) is 0 Å². The lowest BCUT2D eigenvalue weighted by Gasteiger charge is -2.26. The zero-order chi connectivity index (χ0) is 18.9. The van der Waals surface area contributed by atoms with Crippen molar-refractivity contribution >= 4 is 46.5 Å². The first-order chi connectivity index (χ1) is 12.4. The van der Waals surface area contributed by atoms with Crippen molar-refractivity contribution in [2.75, 3.05) is 13.7 Å². The molecule has 2 aromatic rings. The van der Waals surface area contributed by atoms with Gasteiger partial charge in [0.1, 0.15) is 12.1 Å². The van der Waals surface area contributed by atoms with Crippen molar-refractivity contribution in [2.24, 2.45) is 0 Å². The zero-order valence-electron chi connectivity index (χ0n) is 14.5. The molecule has 1 aliphatic heterocycles. The maximum Gasteiger partial charge on any atom is 0.329 e. The van der Waals surface area contributed by atoms with Gasteiger partial charge in [-0.05, 0) is 36.2 Å². The number of carbonyl (C=O) groups is 2. The maximum absolute atomic E-state index is 13.1. The summed E-state index contributed by atoms with van der Waals surface area (Å²) in [4.78, 5) is 29.1. The standard InChI is InChI=1S/C18H19Cl2N3O2S/c1-3-18(12-5-4-6-13(19)9-12)16(24)23(17(25)21-18)11-22(2)10-14-7-8-15(20)26-14/h4-9H,3,10-11H2,1-2H3,(H,21,25)/p+1/t18-/m1/s1. The molecule has 2 heterocycles.